The van der Waals surface area contributed by atoms with Gasteiger partial charge in [0.05, 0.1) is 24.0 Å². The summed E-state index contributed by atoms with van der Waals surface area (Å²) < 4.78 is 19.9. The lowest BCUT2D eigenvalue weighted by Crippen LogP contribution is -2.03. The van der Waals surface area contributed by atoms with Crippen LogP contribution in [0.1, 0.15) is 35.4 Å². The fourth-order valence-corrected chi connectivity index (χ4v) is 4.69. The van der Waals surface area contributed by atoms with E-state index in [0.717, 1.165) is 33.5 Å². The summed E-state index contributed by atoms with van der Waals surface area (Å²) in [5, 5.41) is 9.26. The first-order chi connectivity index (χ1) is 18.1. The number of hydrogen-bond donors (Lipinski definition) is 1. The minimum Gasteiger partial charge on any atom is -0.488 e. The molecular weight excluding hydrogens is 466 g/mol. The van der Waals surface area contributed by atoms with Gasteiger partial charge in [-0.2, -0.15) is 5.26 Å². The van der Waals surface area contributed by atoms with Crippen LogP contribution in [-0.4, -0.2) is 14.5 Å². The highest BCUT2D eigenvalue weighted by molar-refractivity contribution is 5.91. The van der Waals surface area contributed by atoms with Gasteiger partial charge in [-0.05, 0) is 61.0 Å². The van der Waals surface area contributed by atoms with Crippen molar-refractivity contribution in [3.05, 3.63) is 102 Å². The van der Waals surface area contributed by atoms with Gasteiger partial charge in [-0.3, -0.25) is 0 Å². The molecule has 0 bridgehead atoms. The van der Waals surface area contributed by atoms with Crippen LogP contribution in [0.5, 0.6) is 17.2 Å². The SMILES string of the molecule is CC1OCc2c1c1ncnc(N)c1n2-c1ccc(Oc2cccc(COc3ccccc3C#N)c2)cc1. The lowest BCUT2D eigenvalue weighted by Gasteiger charge is -2.12. The summed E-state index contributed by atoms with van der Waals surface area (Å²) in [6.07, 6.45) is 1.44. The Kier molecular flexibility index (Phi) is 5.68. The maximum absolute atomic E-state index is 9.26. The standard InChI is InChI=1S/C29H23N5O3/c1-18-26-24(16-35-18)34(28-27(26)32-17-33-29(28)31)21-9-11-22(12-10-21)37-23-7-4-5-19(13-23)15-36-25-8-3-2-6-20(25)14-30/h2-13,17-18H,15-16H2,1H3,(H2,31,32,33). The van der Waals surface area contributed by atoms with Crippen molar-refractivity contribution in [3.63, 3.8) is 0 Å². The molecule has 8 nitrogen and oxygen atoms in total. The number of para-hydroxylation sites is 1. The number of aromatic nitrogens is 3. The average molecular weight is 490 g/mol. The zero-order valence-corrected chi connectivity index (χ0v) is 20.1. The first-order valence-corrected chi connectivity index (χ1v) is 11.9. The third kappa shape index (κ3) is 4.11. The van der Waals surface area contributed by atoms with Crippen molar-refractivity contribution in [2.24, 2.45) is 0 Å². The molecule has 2 N–H and O–H groups in total. The Morgan fingerprint density at radius 2 is 1.89 bits per heavy atom. The summed E-state index contributed by atoms with van der Waals surface area (Å²) in [4.78, 5) is 8.70. The molecule has 6 rings (SSSR count). The van der Waals surface area contributed by atoms with E-state index in [9.17, 15) is 5.26 Å². The van der Waals surface area contributed by atoms with E-state index in [4.69, 9.17) is 19.9 Å². The van der Waals surface area contributed by atoms with Crippen molar-refractivity contribution in [2.75, 3.05) is 5.73 Å². The molecule has 3 heterocycles. The van der Waals surface area contributed by atoms with Crippen LogP contribution in [0.2, 0.25) is 0 Å². The van der Waals surface area contributed by atoms with E-state index < -0.39 is 0 Å². The zero-order chi connectivity index (χ0) is 25.4. The van der Waals surface area contributed by atoms with Gasteiger partial charge in [0.25, 0.3) is 0 Å². The number of nitriles is 1. The number of nitrogen functional groups attached to an aromatic ring is 1. The van der Waals surface area contributed by atoms with Gasteiger partial charge in [-0.15, -0.1) is 0 Å². The van der Waals surface area contributed by atoms with E-state index >= 15 is 0 Å². The van der Waals surface area contributed by atoms with Crippen LogP contribution in [0.4, 0.5) is 5.82 Å². The molecule has 0 saturated carbocycles. The molecule has 0 spiro atoms. The molecule has 3 aromatic carbocycles. The summed E-state index contributed by atoms with van der Waals surface area (Å²) in [5.74, 6) is 2.37. The van der Waals surface area contributed by atoms with Crippen molar-refractivity contribution in [3.8, 4) is 29.0 Å². The fourth-order valence-electron chi connectivity index (χ4n) is 4.69. The van der Waals surface area contributed by atoms with E-state index in [1.54, 1.807) is 12.1 Å². The molecular formula is C29H23N5O3. The van der Waals surface area contributed by atoms with Crippen LogP contribution in [-0.2, 0) is 18.0 Å². The van der Waals surface area contributed by atoms with Gasteiger partial charge in [0, 0.05) is 11.3 Å². The first-order valence-electron chi connectivity index (χ1n) is 11.9. The minimum atomic E-state index is -0.0553. The van der Waals surface area contributed by atoms with Gasteiger partial charge in [0.2, 0.25) is 0 Å². The molecule has 5 aromatic rings. The van der Waals surface area contributed by atoms with Crippen molar-refractivity contribution in [1.29, 1.82) is 5.26 Å². The number of fused-ring (bicyclic) bond motifs is 3. The number of nitrogens with two attached hydrogens (primary N) is 1. The van der Waals surface area contributed by atoms with Gasteiger partial charge >= 0.3 is 0 Å². The molecule has 2 aromatic heterocycles. The molecule has 0 aliphatic carbocycles. The Bertz CT molecular complexity index is 1650. The van der Waals surface area contributed by atoms with Crippen LogP contribution in [0.15, 0.2) is 79.1 Å². The second-order valence-corrected chi connectivity index (χ2v) is 8.75. The lowest BCUT2D eigenvalue weighted by molar-refractivity contribution is 0.0783. The van der Waals surface area contributed by atoms with Gasteiger partial charge in [-0.1, -0.05) is 24.3 Å². The third-order valence-electron chi connectivity index (χ3n) is 6.42. The summed E-state index contributed by atoms with van der Waals surface area (Å²) >= 11 is 0. The molecule has 0 radical (unpaired) electrons. The highest BCUT2D eigenvalue weighted by atomic mass is 16.5. The number of benzene rings is 3. The van der Waals surface area contributed by atoms with E-state index in [0.29, 0.717) is 41.8 Å². The van der Waals surface area contributed by atoms with Crippen molar-refractivity contribution >= 4 is 16.9 Å². The summed E-state index contributed by atoms with van der Waals surface area (Å²) in [7, 11) is 0. The summed E-state index contributed by atoms with van der Waals surface area (Å²) in [5.41, 5.74) is 12.3. The van der Waals surface area contributed by atoms with Gasteiger partial charge < -0.3 is 24.5 Å². The molecule has 182 valence electrons. The predicted molar refractivity (Wildman–Crippen MR) is 138 cm³/mol. The maximum atomic E-state index is 9.26. The molecule has 0 saturated heterocycles. The predicted octanol–water partition coefficient (Wildman–Crippen LogP) is 5.84. The van der Waals surface area contributed by atoms with Crippen LogP contribution in [0, 0.1) is 11.3 Å². The van der Waals surface area contributed by atoms with Gasteiger partial charge in [0.1, 0.15) is 47.3 Å². The van der Waals surface area contributed by atoms with Crippen LogP contribution < -0.4 is 15.2 Å². The average Bonchev–Trinajstić information content (AvgIpc) is 3.47. The van der Waals surface area contributed by atoms with E-state index in [2.05, 4.69) is 20.6 Å². The van der Waals surface area contributed by atoms with Crippen LogP contribution in [0.25, 0.3) is 16.7 Å². The van der Waals surface area contributed by atoms with Crippen molar-refractivity contribution in [1.82, 2.24) is 14.5 Å². The number of anilines is 1. The van der Waals surface area contributed by atoms with Crippen LogP contribution in [0.3, 0.4) is 0 Å². The van der Waals surface area contributed by atoms with Gasteiger partial charge in [-0.25, -0.2) is 9.97 Å². The fraction of sp³-hybridized carbons (Fsp3) is 0.138. The Morgan fingerprint density at radius 3 is 2.73 bits per heavy atom. The highest BCUT2D eigenvalue weighted by Crippen LogP contribution is 2.40. The Labute approximate surface area is 213 Å². The monoisotopic (exact) mass is 489 g/mol. The quantitative estimate of drug-likeness (QED) is 0.319. The van der Waals surface area contributed by atoms with E-state index in [1.807, 2.05) is 67.6 Å². The molecule has 8 heteroatoms. The molecule has 0 amide bonds. The van der Waals surface area contributed by atoms with E-state index in [1.165, 1.54) is 6.33 Å². The second kappa shape index (κ2) is 9.30. The number of rotatable bonds is 6. The Balaban J connectivity index is 1.23. The molecule has 1 atom stereocenters. The number of nitrogens with zero attached hydrogens (tertiary/aromatic N) is 4. The third-order valence-corrected chi connectivity index (χ3v) is 6.42. The van der Waals surface area contributed by atoms with Crippen molar-refractivity contribution < 1.29 is 14.2 Å². The first kappa shape index (κ1) is 22.6. The smallest absolute Gasteiger partial charge is 0.151 e. The normalized spacial score (nSPS) is 14.3. The zero-order valence-electron chi connectivity index (χ0n) is 20.1. The molecule has 37 heavy (non-hydrogen) atoms. The molecule has 1 unspecified atom stereocenters. The van der Waals surface area contributed by atoms with E-state index in [-0.39, 0.29) is 6.10 Å². The molecule has 1 aliphatic heterocycles. The largest absolute Gasteiger partial charge is 0.488 e. The maximum Gasteiger partial charge on any atom is 0.151 e. The van der Waals surface area contributed by atoms with Crippen molar-refractivity contribution in [2.45, 2.75) is 26.2 Å². The van der Waals surface area contributed by atoms with Crippen LogP contribution >= 0.6 is 0 Å². The Hall–Kier alpha value is -4.87. The lowest BCUT2D eigenvalue weighted by atomic mass is 10.1. The molecule has 1 aliphatic rings. The topological polar surface area (TPSA) is 108 Å². The van der Waals surface area contributed by atoms with Gasteiger partial charge in [0.15, 0.2) is 5.82 Å². The summed E-state index contributed by atoms with van der Waals surface area (Å²) in [6, 6.07) is 24.8. The minimum absolute atomic E-state index is 0.0553. The highest BCUT2D eigenvalue weighted by Gasteiger charge is 2.30. The Morgan fingerprint density at radius 1 is 1.05 bits per heavy atom. The molecule has 0 fully saturated rings. The summed E-state index contributed by atoms with van der Waals surface area (Å²) in [6.45, 7) is 2.83. The number of hydrogen-bond acceptors (Lipinski definition) is 7. The number of ether oxygens (including phenoxy) is 3. The second-order valence-electron chi connectivity index (χ2n) is 8.75.